The van der Waals surface area contributed by atoms with E-state index in [-0.39, 0.29) is 6.54 Å². The van der Waals surface area contributed by atoms with E-state index < -0.39 is 6.10 Å². The van der Waals surface area contributed by atoms with Crippen molar-refractivity contribution in [3.63, 3.8) is 0 Å². The zero-order valence-corrected chi connectivity index (χ0v) is 9.38. The van der Waals surface area contributed by atoms with E-state index in [1.165, 1.54) is 11.8 Å². The summed E-state index contributed by atoms with van der Waals surface area (Å²) in [5.74, 6) is 0.576. The quantitative estimate of drug-likeness (QED) is 0.803. The van der Waals surface area contributed by atoms with Gasteiger partial charge in [0.15, 0.2) is 0 Å². The lowest BCUT2D eigenvalue weighted by molar-refractivity contribution is 0.208. The number of hydrogen-bond donors (Lipinski definition) is 2. The van der Waals surface area contributed by atoms with Crippen molar-refractivity contribution in [1.82, 2.24) is 4.98 Å². The van der Waals surface area contributed by atoms with Gasteiger partial charge >= 0.3 is 0 Å². The molecular formula is C8H11BrN2OS. The Kier molecular flexibility index (Phi) is 4.72. The summed E-state index contributed by atoms with van der Waals surface area (Å²) in [7, 11) is 0. The molecule has 1 aromatic heterocycles. The minimum absolute atomic E-state index is 0.289. The fraction of sp³-hybridized carbons (Fsp3) is 0.375. The van der Waals surface area contributed by atoms with Gasteiger partial charge in [-0.2, -0.15) is 0 Å². The summed E-state index contributed by atoms with van der Waals surface area (Å²) in [5, 5.41) is 10.1. The molecule has 13 heavy (non-hydrogen) atoms. The number of pyridine rings is 1. The Labute approximate surface area is 89.9 Å². The van der Waals surface area contributed by atoms with Crippen molar-refractivity contribution < 1.29 is 5.11 Å². The smallest absolute Gasteiger partial charge is 0.110 e. The van der Waals surface area contributed by atoms with Crippen molar-refractivity contribution in [3.8, 4) is 0 Å². The highest BCUT2D eigenvalue weighted by Crippen LogP contribution is 2.24. The standard InChI is InChI=1S/C8H11BrN2OS/c9-7-2-1-3-11-8(7)13-5-6(12)4-10/h1-3,6,12H,4-5,10H2. The predicted octanol–water partition coefficient (Wildman–Crippen LogP) is 1.26. The normalized spacial score (nSPS) is 12.8. The van der Waals surface area contributed by atoms with E-state index >= 15 is 0 Å². The zero-order valence-electron chi connectivity index (χ0n) is 6.98. The fourth-order valence-corrected chi connectivity index (χ4v) is 2.15. The average Bonchev–Trinajstić information content (AvgIpc) is 2.16. The summed E-state index contributed by atoms with van der Waals surface area (Å²) in [4.78, 5) is 4.15. The molecule has 0 saturated heterocycles. The molecule has 0 aliphatic heterocycles. The third-order valence-corrected chi connectivity index (χ3v) is 3.46. The summed E-state index contributed by atoms with van der Waals surface area (Å²) >= 11 is 4.86. The van der Waals surface area contributed by atoms with E-state index in [9.17, 15) is 5.11 Å². The van der Waals surface area contributed by atoms with Crippen molar-refractivity contribution in [2.45, 2.75) is 11.1 Å². The fourth-order valence-electron chi connectivity index (χ4n) is 0.721. The lowest BCUT2D eigenvalue weighted by atomic mass is 10.4. The summed E-state index contributed by atoms with van der Waals surface area (Å²) in [5.41, 5.74) is 5.28. The Hall–Kier alpha value is -0.100. The summed E-state index contributed by atoms with van der Waals surface area (Å²) in [6, 6.07) is 3.78. The van der Waals surface area contributed by atoms with Crippen LogP contribution in [-0.4, -0.2) is 28.5 Å². The van der Waals surface area contributed by atoms with E-state index in [4.69, 9.17) is 5.73 Å². The minimum atomic E-state index is -0.459. The van der Waals surface area contributed by atoms with Gasteiger partial charge in [-0.1, -0.05) is 0 Å². The number of aromatic nitrogens is 1. The Morgan fingerprint density at radius 1 is 1.69 bits per heavy atom. The van der Waals surface area contributed by atoms with Crippen molar-refractivity contribution >= 4 is 27.7 Å². The van der Waals surface area contributed by atoms with Gasteiger partial charge in [-0.15, -0.1) is 11.8 Å². The van der Waals surface area contributed by atoms with Gasteiger partial charge < -0.3 is 10.8 Å². The Balaban J connectivity index is 2.50. The lowest BCUT2D eigenvalue weighted by Crippen LogP contribution is -2.21. The van der Waals surface area contributed by atoms with E-state index in [0.717, 1.165) is 9.50 Å². The number of thioether (sulfide) groups is 1. The van der Waals surface area contributed by atoms with Gasteiger partial charge in [-0.25, -0.2) is 4.98 Å². The molecule has 3 N–H and O–H groups in total. The Morgan fingerprint density at radius 2 is 2.46 bits per heavy atom. The molecule has 3 nitrogen and oxygen atoms in total. The van der Waals surface area contributed by atoms with E-state index in [1.54, 1.807) is 6.20 Å². The highest BCUT2D eigenvalue weighted by atomic mass is 79.9. The zero-order chi connectivity index (χ0) is 9.68. The van der Waals surface area contributed by atoms with Gasteiger partial charge in [-0.3, -0.25) is 0 Å². The lowest BCUT2D eigenvalue weighted by Gasteiger charge is -2.06. The van der Waals surface area contributed by atoms with Crippen molar-refractivity contribution in [2.75, 3.05) is 12.3 Å². The highest BCUT2D eigenvalue weighted by molar-refractivity contribution is 9.10. The van der Waals surface area contributed by atoms with Crippen LogP contribution in [0.3, 0.4) is 0 Å². The van der Waals surface area contributed by atoms with Crippen LogP contribution >= 0.6 is 27.7 Å². The molecule has 0 fully saturated rings. The Bertz CT molecular complexity index is 272. The SMILES string of the molecule is NCC(O)CSc1ncccc1Br. The van der Waals surface area contributed by atoms with Crippen molar-refractivity contribution in [2.24, 2.45) is 5.73 Å². The van der Waals surface area contributed by atoms with Crippen LogP contribution in [-0.2, 0) is 0 Å². The second-order valence-electron chi connectivity index (χ2n) is 2.49. The molecule has 0 spiro atoms. The van der Waals surface area contributed by atoms with Gasteiger partial charge in [0.2, 0.25) is 0 Å². The third-order valence-electron chi connectivity index (χ3n) is 1.41. The highest BCUT2D eigenvalue weighted by Gasteiger charge is 2.05. The maximum Gasteiger partial charge on any atom is 0.110 e. The first kappa shape index (κ1) is 11.0. The molecule has 0 bridgehead atoms. The van der Waals surface area contributed by atoms with E-state index in [0.29, 0.717) is 5.75 Å². The number of rotatable bonds is 4. The van der Waals surface area contributed by atoms with Crippen LogP contribution in [0.2, 0.25) is 0 Å². The molecule has 1 aromatic rings. The maximum atomic E-state index is 9.22. The molecule has 0 amide bonds. The summed E-state index contributed by atoms with van der Waals surface area (Å²) < 4.78 is 0.948. The van der Waals surface area contributed by atoms with Gasteiger partial charge in [0, 0.05) is 23.0 Å². The van der Waals surface area contributed by atoms with Crippen LogP contribution in [0.1, 0.15) is 0 Å². The summed E-state index contributed by atoms with van der Waals surface area (Å²) in [6.45, 7) is 0.289. The first-order valence-corrected chi connectivity index (χ1v) is 5.63. The monoisotopic (exact) mass is 262 g/mol. The molecule has 5 heteroatoms. The molecule has 72 valence electrons. The Morgan fingerprint density at radius 3 is 3.08 bits per heavy atom. The third kappa shape index (κ3) is 3.64. The van der Waals surface area contributed by atoms with E-state index in [1.807, 2.05) is 12.1 Å². The first-order valence-electron chi connectivity index (χ1n) is 3.85. The second kappa shape index (κ2) is 5.59. The maximum absolute atomic E-state index is 9.22. The molecule has 1 atom stereocenters. The molecule has 0 radical (unpaired) electrons. The molecule has 1 rings (SSSR count). The topological polar surface area (TPSA) is 59.1 Å². The number of halogens is 1. The van der Waals surface area contributed by atoms with Crippen LogP contribution in [0, 0.1) is 0 Å². The molecule has 0 aliphatic rings. The van der Waals surface area contributed by atoms with Gasteiger partial charge in [-0.05, 0) is 28.1 Å². The molecular weight excluding hydrogens is 252 g/mol. The van der Waals surface area contributed by atoms with Crippen molar-refractivity contribution in [1.29, 1.82) is 0 Å². The molecule has 0 aromatic carbocycles. The molecule has 0 aliphatic carbocycles. The van der Waals surface area contributed by atoms with Gasteiger partial charge in [0.05, 0.1) is 6.10 Å². The number of aliphatic hydroxyl groups is 1. The van der Waals surface area contributed by atoms with Crippen LogP contribution < -0.4 is 5.73 Å². The van der Waals surface area contributed by atoms with Gasteiger partial charge in [0.25, 0.3) is 0 Å². The van der Waals surface area contributed by atoms with Gasteiger partial charge in [0.1, 0.15) is 5.03 Å². The minimum Gasteiger partial charge on any atom is -0.391 e. The average molecular weight is 263 g/mol. The molecule has 1 heterocycles. The molecule has 1 unspecified atom stereocenters. The summed E-state index contributed by atoms with van der Waals surface area (Å²) in [6.07, 6.45) is 1.26. The first-order chi connectivity index (χ1) is 6.24. The van der Waals surface area contributed by atoms with Crippen LogP contribution in [0.15, 0.2) is 27.8 Å². The van der Waals surface area contributed by atoms with Crippen LogP contribution in [0.5, 0.6) is 0 Å². The number of nitrogens with two attached hydrogens (primary N) is 1. The molecule has 0 saturated carbocycles. The number of aliphatic hydroxyl groups excluding tert-OH is 1. The van der Waals surface area contributed by atoms with Crippen LogP contribution in [0.25, 0.3) is 0 Å². The second-order valence-corrected chi connectivity index (χ2v) is 4.35. The van der Waals surface area contributed by atoms with Crippen molar-refractivity contribution in [3.05, 3.63) is 22.8 Å². The van der Waals surface area contributed by atoms with Crippen LogP contribution in [0.4, 0.5) is 0 Å². The largest absolute Gasteiger partial charge is 0.391 e. The predicted molar refractivity (Wildman–Crippen MR) is 57.7 cm³/mol. The van der Waals surface area contributed by atoms with E-state index in [2.05, 4.69) is 20.9 Å². The number of hydrogen-bond acceptors (Lipinski definition) is 4. The number of nitrogens with zero attached hydrogens (tertiary/aromatic N) is 1.